The number of likely N-dealkylation sites (tertiary alicyclic amines) is 1. The molecule has 1 amide bonds. The van der Waals surface area contributed by atoms with Crippen LogP contribution < -0.4 is 4.90 Å². The SMILES string of the molecule is O=C(C1CCCN(c2ncc(Cl)cn2)C1)N1CCC(F)(F)CC1. The maximum absolute atomic E-state index is 13.2. The second kappa shape index (κ2) is 6.55. The summed E-state index contributed by atoms with van der Waals surface area (Å²) >= 11 is 5.79. The Balaban J connectivity index is 1.62. The zero-order chi connectivity index (χ0) is 16.4. The van der Waals surface area contributed by atoms with Crippen molar-refractivity contribution in [3.8, 4) is 0 Å². The fourth-order valence-electron chi connectivity index (χ4n) is 3.14. The highest BCUT2D eigenvalue weighted by atomic mass is 35.5. The Morgan fingerprint density at radius 1 is 1.22 bits per heavy atom. The van der Waals surface area contributed by atoms with Crippen molar-refractivity contribution in [3.05, 3.63) is 17.4 Å². The Morgan fingerprint density at radius 2 is 1.87 bits per heavy atom. The molecule has 1 atom stereocenters. The molecule has 0 spiro atoms. The molecule has 1 unspecified atom stereocenters. The third kappa shape index (κ3) is 3.88. The minimum atomic E-state index is -2.63. The molecule has 0 radical (unpaired) electrons. The molecule has 2 fully saturated rings. The van der Waals surface area contributed by atoms with Crippen LogP contribution in [0.5, 0.6) is 0 Å². The van der Waals surface area contributed by atoms with Gasteiger partial charge in [-0.3, -0.25) is 4.79 Å². The molecule has 0 saturated carbocycles. The highest BCUT2D eigenvalue weighted by molar-refractivity contribution is 6.30. The molecule has 1 aromatic rings. The van der Waals surface area contributed by atoms with Gasteiger partial charge >= 0.3 is 0 Å². The summed E-state index contributed by atoms with van der Waals surface area (Å²) in [6.45, 7) is 1.58. The first kappa shape index (κ1) is 16.4. The van der Waals surface area contributed by atoms with E-state index in [0.717, 1.165) is 19.4 Å². The van der Waals surface area contributed by atoms with Crippen LogP contribution in [0.15, 0.2) is 12.4 Å². The van der Waals surface area contributed by atoms with Gasteiger partial charge in [0.05, 0.1) is 23.3 Å². The van der Waals surface area contributed by atoms with Crippen LogP contribution in [0.2, 0.25) is 5.02 Å². The van der Waals surface area contributed by atoms with Crippen LogP contribution >= 0.6 is 11.6 Å². The Hall–Kier alpha value is -1.50. The van der Waals surface area contributed by atoms with Gasteiger partial charge in [-0.05, 0) is 12.8 Å². The average molecular weight is 345 g/mol. The summed E-state index contributed by atoms with van der Waals surface area (Å²) in [6, 6.07) is 0. The molecule has 0 aliphatic carbocycles. The van der Waals surface area contributed by atoms with Gasteiger partial charge in [-0.15, -0.1) is 0 Å². The Labute approximate surface area is 138 Å². The van der Waals surface area contributed by atoms with Crippen molar-refractivity contribution in [2.45, 2.75) is 31.6 Å². The number of carbonyl (C=O) groups is 1. The van der Waals surface area contributed by atoms with E-state index in [9.17, 15) is 13.6 Å². The number of nitrogens with zero attached hydrogens (tertiary/aromatic N) is 4. The fourth-order valence-corrected chi connectivity index (χ4v) is 3.24. The normalized spacial score (nSPS) is 24.6. The van der Waals surface area contributed by atoms with E-state index in [1.807, 2.05) is 4.90 Å². The zero-order valence-electron chi connectivity index (χ0n) is 12.7. The van der Waals surface area contributed by atoms with E-state index in [4.69, 9.17) is 11.6 Å². The third-order valence-electron chi connectivity index (χ3n) is 4.47. The summed E-state index contributed by atoms with van der Waals surface area (Å²) in [5.41, 5.74) is 0. The lowest BCUT2D eigenvalue weighted by molar-refractivity contribution is -0.141. The Bertz CT molecular complexity index is 559. The van der Waals surface area contributed by atoms with Crippen molar-refractivity contribution >= 4 is 23.5 Å². The number of hydrogen-bond donors (Lipinski definition) is 0. The number of piperidine rings is 2. The van der Waals surface area contributed by atoms with E-state index in [2.05, 4.69) is 9.97 Å². The van der Waals surface area contributed by atoms with Gasteiger partial charge < -0.3 is 9.80 Å². The van der Waals surface area contributed by atoms with E-state index < -0.39 is 5.92 Å². The van der Waals surface area contributed by atoms with Gasteiger partial charge in [0.2, 0.25) is 11.9 Å². The monoisotopic (exact) mass is 344 g/mol. The van der Waals surface area contributed by atoms with Crippen LogP contribution in [0, 0.1) is 5.92 Å². The molecule has 2 aliphatic rings. The smallest absolute Gasteiger partial charge is 0.251 e. The van der Waals surface area contributed by atoms with Crippen molar-refractivity contribution < 1.29 is 13.6 Å². The van der Waals surface area contributed by atoms with Gasteiger partial charge in [-0.1, -0.05) is 11.6 Å². The standard InChI is InChI=1S/C15H19ClF2N4O/c16-12-8-19-14(20-9-12)22-5-1-2-11(10-22)13(23)21-6-3-15(17,18)4-7-21/h8-9,11H,1-7,10H2. The predicted molar refractivity (Wildman–Crippen MR) is 82.7 cm³/mol. The van der Waals surface area contributed by atoms with Crippen molar-refractivity contribution in [1.29, 1.82) is 0 Å². The molecule has 126 valence electrons. The molecule has 23 heavy (non-hydrogen) atoms. The van der Waals surface area contributed by atoms with Crippen LogP contribution in [-0.4, -0.2) is 52.9 Å². The third-order valence-corrected chi connectivity index (χ3v) is 4.66. The van der Waals surface area contributed by atoms with Crippen LogP contribution in [0.4, 0.5) is 14.7 Å². The van der Waals surface area contributed by atoms with Gasteiger partial charge in [0.25, 0.3) is 5.92 Å². The summed E-state index contributed by atoms with van der Waals surface area (Å²) in [6.07, 6.45) is 4.21. The minimum absolute atomic E-state index is 0.0286. The summed E-state index contributed by atoms with van der Waals surface area (Å²) in [7, 11) is 0. The van der Waals surface area contributed by atoms with Gasteiger partial charge in [0.15, 0.2) is 0 Å². The lowest BCUT2D eigenvalue weighted by Crippen LogP contribution is -2.49. The molecule has 2 aliphatic heterocycles. The fraction of sp³-hybridized carbons (Fsp3) is 0.667. The molecule has 3 rings (SSSR count). The first-order valence-electron chi connectivity index (χ1n) is 7.84. The summed E-state index contributed by atoms with van der Waals surface area (Å²) in [5, 5.41) is 0.465. The average Bonchev–Trinajstić information content (AvgIpc) is 2.55. The Kier molecular flexibility index (Phi) is 4.66. The first-order valence-corrected chi connectivity index (χ1v) is 8.21. The van der Waals surface area contributed by atoms with Gasteiger partial charge in [0, 0.05) is 39.0 Å². The molecule has 0 aromatic carbocycles. The van der Waals surface area contributed by atoms with Crippen molar-refractivity contribution in [1.82, 2.24) is 14.9 Å². The second-order valence-electron chi connectivity index (χ2n) is 6.17. The van der Waals surface area contributed by atoms with Crippen LogP contribution in [0.25, 0.3) is 0 Å². The molecule has 2 saturated heterocycles. The lowest BCUT2D eigenvalue weighted by Gasteiger charge is -2.37. The molecular formula is C15H19ClF2N4O. The number of halogens is 3. The van der Waals surface area contributed by atoms with Crippen molar-refractivity contribution in [2.24, 2.45) is 5.92 Å². The summed E-state index contributed by atoms with van der Waals surface area (Å²) in [4.78, 5) is 24.5. The minimum Gasteiger partial charge on any atom is -0.342 e. The summed E-state index contributed by atoms with van der Waals surface area (Å²) < 4.78 is 26.5. The number of aromatic nitrogens is 2. The van der Waals surface area contributed by atoms with Crippen LogP contribution in [-0.2, 0) is 4.79 Å². The largest absolute Gasteiger partial charge is 0.342 e. The van der Waals surface area contributed by atoms with Crippen LogP contribution in [0.3, 0.4) is 0 Å². The molecular weight excluding hydrogens is 326 g/mol. The zero-order valence-corrected chi connectivity index (χ0v) is 13.5. The first-order chi connectivity index (χ1) is 10.9. The quantitative estimate of drug-likeness (QED) is 0.827. The van der Waals surface area contributed by atoms with Gasteiger partial charge in [-0.25, -0.2) is 18.7 Å². The van der Waals surface area contributed by atoms with Crippen molar-refractivity contribution in [2.75, 3.05) is 31.1 Å². The van der Waals surface area contributed by atoms with Gasteiger partial charge in [-0.2, -0.15) is 0 Å². The number of hydrogen-bond acceptors (Lipinski definition) is 4. The topological polar surface area (TPSA) is 49.3 Å². The maximum atomic E-state index is 13.2. The number of carbonyl (C=O) groups excluding carboxylic acids is 1. The highest BCUT2D eigenvalue weighted by Crippen LogP contribution is 2.30. The molecule has 0 bridgehead atoms. The molecule has 3 heterocycles. The molecule has 1 aromatic heterocycles. The van der Waals surface area contributed by atoms with E-state index in [1.54, 1.807) is 4.90 Å². The second-order valence-corrected chi connectivity index (χ2v) is 6.60. The number of alkyl halides is 2. The predicted octanol–water partition coefficient (Wildman–Crippen LogP) is 2.60. The lowest BCUT2D eigenvalue weighted by atomic mass is 9.95. The van der Waals surface area contributed by atoms with E-state index in [-0.39, 0.29) is 37.8 Å². The molecule has 8 heteroatoms. The molecule has 0 N–H and O–H groups in total. The number of amides is 1. The van der Waals surface area contributed by atoms with E-state index in [0.29, 0.717) is 17.5 Å². The number of rotatable bonds is 2. The summed E-state index contributed by atoms with van der Waals surface area (Å²) in [5.74, 6) is -2.29. The number of anilines is 1. The van der Waals surface area contributed by atoms with E-state index >= 15 is 0 Å². The highest BCUT2D eigenvalue weighted by Gasteiger charge is 2.38. The molecule has 5 nitrogen and oxygen atoms in total. The van der Waals surface area contributed by atoms with Gasteiger partial charge in [0.1, 0.15) is 0 Å². The Morgan fingerprint density at radius 3 is 2.52 bits per heavy atom. The van der Waals surface area contributed by atoms with Crippen molar-refractivity contribution in [3.63, 3.8) is 0 Å². The maximum Gasteiger partial charge on any atom is 0.251 e. The van der Waals surface area contributed by atoms with E-state index in [1.165, 1.54) is 12.4 Å². The van der Waals surface area contributed by atoms with Crippen LogP contribution in [0.1, 0.15) is 25.7 Å².